The second kappa shape index (κ2) is 9.34. The molecule has 0 radical (unpaired) electrons. The summed E-state index contributed by atoms with van der Waals surface area (Å²) in [5, 5.41) is 18.7. The molecule has 1 N–H and O–H groups in total. The van der Waals surface area contributed by atoms with Gasteiger partial charge in [0.2, 0.25) is 0 Å². The molecule has 7 heteroatoms. The summed E-state index contributed by atoms with van der Waals surface area (Å²) in [7, 11) is 0. The van der Waals surface area contributed by atoms with E-state index in [-0.39, 0.29) is 5.56 Å². The highest BCUT2D eigenvalue weighted by Crippen LogP contribution is 2.29. The van der Waals surface area contributed by atoms with E-state index in [4.69, 9.17) is 9.97 Å². The minimum Gasteiger partial charge on any atom is -0.478 e. The zero-order valence-corrected chi connectivity index (χ0v) is 20.8. The smallest absolute Gasteiger partial charge is 0.336 e. The molecule has 0 unspecified atom stereocenters. The number of aryl methyl sites for hydroxylation is 4. The third-order valence-electron chi connectivity index (χ3n) is 6.33. The van der Waals surface area contributed by atoms with Crippen molar-refractivity contribution in [2.45, 2.75) is 40.7 Å². The molecule has 3 heterocycles. The summed E-state index contributed by atoms with van der Waals surface area (Å²) in [6.07, 6.45) is 0.772. The van der Waals surface area contributed by atoms with Crippen LogP contribution in [-0.2, 0) is 13.0 Å². The van der Waals surface area contributed by atoms with E-state index in [0.29, 0.717) is 17.8 Å². The number of aromatic nitrogens is 5. The van der Waals surface area contributed by atoms with Crippen LogP contribution in [0.4, 0.5) is 0 Å². The van der Waals surface area contributed by atoms with E-state index in [9.17, 15) is 9.90 Å². The predicted molar refractivity (Wildman–Crippen MR) is 140 cm³/mol. The van der Waals surface area contributed by atoms with E-state index >= 15 is 0 Å². The van der Waals surface area contributed by atoms with Gasteiger partial charge in [-0.05, 0) is 67.8 Å². The number of carboxylic acid groups (broad SMARTS) is 1. The lowest BCUT2D eigenvalue weighted by Gasteiger charge is -2.11. The third kappa shape index (κ3) is 4.35. The molecule has 0 aliphatic carbocycles. The third-order valence-corrected chi connectivity index (χ3v) is 6.33. The Labute approximate surface area is 209 Å². The van der Waals surface area contributed by atoms with Gasteiger partial charge in [0, 0.05) is 17.7 Å². The highest BCUT2D eigenvalue weighted by molar-refractivity contribution is 5.96. The molecule has 0 atom stereocenters. The molecule has 0 aliphatic heterocycles. The highest BCUT2D eigenvalue weighted by atomic mass is 16.4. The Hall–Kier alpha value is -4.39. The Morgan fingerprint density at radius 3 is 2.42 bits per heavy atom. The molecule has 36 heavy (non-hydrogen) atoms. The van der Waals surface area contributed by atoms with Gasteiger partial charge in [-0.2, -0.15) is 10.2 Å². The zero-order chi connectivity index (χ0) is 25.4. The van der Waals surface area contributed by atoms with E-state index in [1.54, 1.807) is 6.07 Å². The fourth-order valence-electron chi connectivity index (χ4n) is 4.58. The van der Waals surface area contributed by atoms with Crippen molar-refractivity contribution in [2.75, 3.05) is 0 Å². The van der Waals surface area contributed by atoms with Crippen LogP contribution in [-0.4, -0.2) is 35.8 Å². The molecule has 5 aromatic rings. The molecule has 7 nitrogen and oxygen atoms in total. The summed E-state index contributed by atoms with van der Waals surface area (Å²) in [5.74, 6) is -0.0583. The number of imidazole rings is 1. The lowest BCUT2D eigenvalue weighted by molar-refractivity contribution is 0.0697. The van der Waals surface area contributed by atoms with Crippen LogP contribution in [0, 0.1) is 20.8 Å². The molecule has 3 aromatic heterocycles. The average Bonchev–Trinajstić information content (AvgIpc) is 3.21. The van der Waals surface area contributed by atoms with Crippen LogP contribution in [0.3, 0.4) is 0 Å². The normalized spacial score (nSPS) is 11.2. The van der Waals surface area contributed by atoms with Crippen LogP contribution in [0.5, 0.6) is 0 Å². The lowest BCUT2D eigenvalue weighted by atomic mass is 9.96. The number of hydrogen-bond donors (Lipinski definition) is 1. The van der Waals surface area contributed by atoms with Gasteiger partial charge in [-0.1, -0.05) is 42.8 Å². The number of pyridine rings is 1. The van der Waals surface area contributed by atoms with Gasteiger partial charge in [0.15, 0.2) is 5.65 Å². The van der Waals surface area contributed by atoms with Crippen molar-refractivity contribution in [1.82, 2.24) is 24.7 Å². The van der Waals surface area contributed by atoms with Crippen molar-refractivity contribution in [3.05, 3.63) is 94.6 Å². The van der Waals surface area contributed by atoms with Gasteiger partial charge in [-0.25, -0.2) is 14.8 Å². The SMILES string of the molecule is CCc1nc2c(C)cc(C)nc2n1Cc1ccc(-c2cc(-c3cccc(C)c3)ccc2C(=O)O)nn1. The first-order valence-electron chi connectivity index (χ1n) is 11.9. The summed E-state index contributed by atoms with van der Waals surface area (Å²) in [5.41, 5.74) is 8.88. The van der Waals surface area contributed by atoms with Crippen molar-refractivity contribution in [3.8, 4) is 22.4 Å². The number of aromatic carboxylic acids is 1. The molecule has 0 amide bonds. The highest BCUT2D eigenvalue weighted by Gasteiger charge is 2.17. The molecule has 2 aromatic carbocycles. The first-order valence-corrected chi connectivity index (χ1v) is 11.9. The largest absolute Gasteiger partial charge is 0.478 e. The summed E-state index contributed by atoms with van der Waals surface area (Å²) in [6, 6.07) is 19.2. The summed E-state index contributed by atoms with van der Waals surface area (Å²) < 4.78 is 2.08. The molecule has 0 bridgehead atoms. The Bertz CT molecular complexity index is 1600. The number of rotatable bonds is 6. The van der Waals surface area contributed by atoms with Crippen LogP contribution in [0.25, 0.3) is 33.5 Å². The van der Waals surface area contributed by atoms with E-state index in [1.165, 1.54) is 0 Å². The van der Waals surface area contributed by atoms with Crippen LogP contribution in [0.2, 0.25) is 0 Å². The standard InChI is InChI=1S/C29H27N5O2/c1-5-26-31-27-18(3)14-19(4)30-28(27)34(26)16-22-10-12-25(33-32-22)24-15-21(9-11-23(24)29(35)36)20-8-6-7-17(2)13-20/h6-15H,5,16H2,1-4H3,(H,35,36). The fraction of sp³-hybridized carbons (Fsp3) is 0.207. The van der Waals surface area contributed by atoms with Gasteiger partial charge < -0.3 is 9.67 Å². The summed E-state index contributed by atoms with van der Waals surface area (Å²) in [6.45, 7) is 8.62. The number of fused-ring (bicyclic) bond motifs is 1. The predicted octanol–water partition coefficient (Wildman–Crippen LogP) is 5.79. The molecule has 5 rings (SSSR count). The second-order valence-electron chi connectivity index (χ2n) is 9.07. The first kappa shape index (κ1) is 23.4. The van der Waals surface area contributed by atoms with Crippen molar-refractivity contribution in [3.63, 3.8) is 0 Å². The molecule has 0 fully saturated rings. The molecule has 0 saturated heterocycles. The first-order chi connectivity index (χ1) is 17.3. The molecule has 0 spiro atoms. The summed E-state index contributed by atoms with van der Waals surface area (Å²) in [4.78, 5) is 21.5. The number of carbonyl (C=O) groups is 1. The molecule has 0 saturated carbocycles. The topological polar surface area (TPSA) is 93.8 Å². The van der Waals surface area contributed by atoms with Crippen LogP contribution >= 0.6 is 0 Å². The van der Waals surface area contributed by atoms with Gasteiger partial charge in [0.1, 0.15) is 11.3 Å². The van der Waals surface area contributed by atoms with Crippen molar-refractivity contribution in [2.24, 2.45) is 0 Å². The Morgan fingerprint density at radius 1 is 0.917 bits per heavy atom. The lowest BCUT2D eigenvalue weighted by Crippen LogP contribution is -2.08. The minimum atomic E-state index is -0.999. The van der Waals surface area contributed by atoms with Crippen LogP contribution < -0.4 is 0 Å². The maximum absolute atomic E-state index is 12.0. The van der Waals surface area contributed by atoms with Crippen molar-refractivity contribution < 1.29 is 9.90 Å². The number of hydrogen-bond acceptors (Lipinski definition) is 5. The Kier molecular flexibility index (Phi) is 6.06. The summed E-state index contributed by atoms with van der Waals surface area (Å²) >= 11 is 0. The zero-order valence-electron chi connectivity index (χ0n) is 20.8. The molecular formula is C29H27N5O2. The van der Waals surface area contributed by atoms with E-state index in [1.807, 2.05) is 69.3 Å². The van der Waals surface area contributed by atoms with Gasteiger partial charge in [-0.3, -0.25) is 0 Å². The van der Waals surface area contributed by atoms with Crippen LogP contribution in [0.15, 0.2) is 60.7 Å². The van der Waals surface area contributed by atoms with Gasteiger partial charge in [0.05, 0.1) is 23.5 Å². The quantitative estimate of drug-likeness (QED) is 0.333. The van der Waals surface area contributed by atoms with E-state index in [0.717, 1.165) is 57.1 Å². The average molecular weight is 478 g/mol. The minimum absolute atomic E-state index is 0.192. The van der Waals surface area contributed by atoms with Crippen molar-refractivity contribution in [1.29, 1.82) is 0 Å². The maximum Gasteiger partial charge on any atom is 0.336 e. The molecular weight excluding hydrogens is 450 g/mol. The Morgan fingerprint density at radius 2 is 1.72 bits per heavy atom. The van der Waals surface area contributed by atoms with Crippen LogP contribution in [0.1, 0.15) is 45.6 Å². The van der Waals surface area contributed by atoms with Gasteiger partial charge >= 0.3 is 5.97 Å². The van der Waals surface area contributed by atoms with Crippen molar-refractivity contribution >= 4 is 17.1 Å². The number of carboxylic acids is 1. The molecule has 180 valence electrons. The number of nitrogens with zero attached hydrogens (tertiary/aromatic N) is 5. The fourth-order valence-corrected chi connectivity index (χ4v) is 4.58. The van der Waals surface area contributed by atoms with E-state index < -0.39 is 5.97 Å². The van der Waals surface area contributed by atoms with Gasteiger partial charge in [-0.15, -0.1) is 0 Å². The maximum atomic E-state index is 12.0. The number of benzene rings is 2. The van der Waals surface area contributed by atoms with Gasteiger partial charge in [0.25, 0.3) is 0 Å². The monoisotopic (exact) mass is 477 g/mol. The molecule has 0 aliphatic rings. The Balaban J connectivity index is 1.52. The van der Waals surface area contributed by atoms with E-state index in [2.05, 4.69) is 27.8 Å². The second-order valence-corrected chi connectivity index (χ2v) is 9.07.